The number of phenols is 6. The predicted octanol–water partition coefficient (Wildman–Crippen LogP) is 12.5. The van der Waals surface area contributed by atoms with E-state index in [1.54, 1.807) is 0 Å². The number of hydrogen-bond acceptors (Lipinski definition) is 12. The van der Waals surface area contributed by atoms with E-state index < -0.39 is 51.1 Å². The Morgan fingerprint density at radius 1 is 0.600 bits per heavy atom. The molecule has 8 N–H and O–H groups in total. The maximum atomic E-state index is 11.7. The van der Waals surface area contributed by atoms with E-state index in [9.17, 15) is 60.0 Å². The minimum atomic E-state index is -0.816. The third kappa shape index (κ3) is 11.2. The molecule has 70 heavy (non-hydrogen) atoms. The molecule has 2 fully saturated rings. The molecule has 10 atom stereocenters. The maximum absolute atomic E-state index is 11.7. The molecular formula is C58H86O12. The zero-order valence-electron chi connectivity index (χ0n) is 44.5. The normalized spacial score (nSPS) is 27.5. The van der Waals surface area contributed by atoms with E-state index in [4.69, 9.17) is 0 Å². The molecule has 0 aromatic heterocycles. The number of carbonyl (C=O) groups is 4. The summed E-state index contributed by atoms with van der Waals surface area (Å²) in [6.07, 6.45) is 14.2. The molecule has 12 nitrogen and oxygen atoms in total. The maximum Gasteiger partial charge on any atom is 0.157 e. The molecule has 4 aliphatic rings. The number of aliphatic hydroxyl groups is 2. The lowest BCUT2D eigenvalue weighted by molar-refractivity contribution is -0.0265. The van der Waals surface area contributed by atoms with Crippen LogP contribution in [0.2, 0.25) is 0 Å². The van der Waals surface area contributed by atoms with Crippen LogP contribution in [0.15, 0.2) is 23.3 Å². The number of phenolic OH excluding ortho intramolecular Hbond substituents is 6. The van der Waals surface area contributed by atoms with Crippen molar-refractivity contribution in [2.24, 2.45) is 58.2 Å². The summed E-state index contributed by atoms with van der Waals surface area (Å²) in [5, 5.41) is 86.2. The monoisotopic (exact) mass is 975 g/mol. The second-order valence-corrected chi connectivity index (χ2v) is 23.4. The second kappa shape index (κ2) is 22.4. The van der Waals surface area contributed by atoms with E-state index in [0.29, 0.717) is 49.8 Å². The second-order valence-electron chi connectivity index (χ2n) is 23.4. The third-order valence-electron chi connectivity index (χ3n) is 16.9. The Labute approximate surface area is 417 Å². The smallest absolute Gasteiger partial charge is 0.157 e. The first-order valence-corrected chi connectivity index (χ1v) is 25.9. The molecule has 390 valence electrons. The molecule has 2 aromatic carbocycles. The summed E-state index contributed by atoms with van der Waals surface area (Å²) in [6, 6.07) is 0. The van der Waals surface area contributed by atoms with E-state index in [1.165, 1.54) is 11.1 Å². The molecule has 0 aliphatic heterocycles. The van der Waals surface area contributed by atoms with Crippen molar-refractivity contribution in [3.63, 3.8) is 0 Å². The van der Waals surface area contributed by atoms with Crippen molar-refractivity contribution in [1.82, 2.24) is 0 Å². The number of benzene rings is 2. The minimum Gasteiger partial charge on any atom is -0.507 e. The van der Waals surface area contributed by atoms with Crippen LogP contribution in [0.5, 0.6) is 34.5 Å². The summed E-state index contributed by atoms with van der Waals surface area (Å²) in [4.78, 5) is 46.8. The first kappa shape index (κ1) is 57.9. The fourth-order valence-corrected chi connectivity index (χ4v) is 13.2. The van der Waals surface area contributed by atoms with Gasteiger partial charge in [-0.3, -0.25) is 19.2 Å². The molecule has 0 spiro atoms. The van der Waals surface area contributed by atoms with Crippen molar-refractivity contribution in [3.8, 4) is 34.5 Å². The van der Waals surface area contributed by atoms with Crippen LogP contribution in [0, 0.1) is 58.2 Å². The van der Waals surface area contributed by atoms with Crippen LogP contribution in [0.25, 0.3) is 0 Å². The number of rotatable bonds is 14. The topological polar surface area (TPSA) is 230 Å². The summed E-state index contributed by atoms with van der Waals surface area (Å²) in [5.74, 6) is -2.23. The van der Waals surface area contributed by atoms with E-state index in [0.717, 1.165) is 51.4 Å². The molecule has 0 bridgehead atoms. The van der Waals surface area contributed by atoms with Crippen molar-refractivity contribution in [2.75, 3.05) is 0 Å². The molecule has 0 amide bonds. The van der Waals surface area contributed by atoms with Crippen LogP contribution in [-0.2, 0) is 0 Å². The lowest BCUT2D eigenvalue weighted by Gasteiger charge is -2.53. The van der Waals surface area contributed by atoms with E-state index in [2.05, 4.69) is 67.5 Å². The first-order valence-electron chi connectivity index (χ1n) is 25.9. The van der Waals surface area contributed by atoms with Gasteiger partial charge in [-0.25, -0.2) is 0 Å². The molecule has 2 aromatic rings. The highest BCUT2D eigenvalue weighted by molar-refractivity contribution is 5.96. The largest absolute Gasteiger partial charge is 0.507 e. The van der Waals surface area contributed by atoms with Gasteiger partial charge in [0, 0.05) is 23.0 Å². The van der Waals surface area contributed by atoms with E-state index >= 15 is 0 Å². The van der Waals surface area contributed by atoms with Gasteiger partial charge in [-0.2, -0.15) is 0 Å². The summed E-state index contributed by atoms with van der Waals surface area (Å²) < 4.78 is 0. The fraction of sp³-hybridized carbons (Fsp3) is 0.655. The Morgan fingerprint density at radius 3 is 1.49 bits per heavy atom. The van der Waals surface area contributed by atoms with Crippen molar-refractivity contribution >= 4 is 25.1 Å². The van der Waals surface area contributed by atoms with Crippen molar-refractivity contribution < 1.29 is 60.0 Å². The summed E-state index contributed by atoms with van der Waals surface area (Å²) >= 11 is 0. The molecule has 6 rings (SSSR count). The highest BCUT2D eigenvalue weighted by atomic mass is 16.3. The summed E-state index contributed by atoms with van der Waals surface area (Å²) in [7, 11) is 0. The summed E-state index contributed by atoms with van der Waals surface area (Å²) in [6.45, 7) is 28.5. The molecule has 10 unspecified atom stereocenters. The lowest BCUT2D eigenvalue weighted by atomic mass is 9.51. The Bertz CT molecular complexity index is 2220. The fourth-order valence-electron chi connectivity index (χ4n) is 13.2. The molecule has 0 saturated heterocycles. The molecule has 0 radical (unpaired) electrons. The molecule has 4 aliphatic carbocycles. The van der Waals surface area contributed by atoms with Gasteiger partial charge < -0.3 is 40.9 Å². The average Bonchev–Trinajstić information content (AvgIpc) is 3.26. The Kier molecular flexibility index (Phi) is 18.5. The lowest BCUT2D eigenvalue weighted by Crippen LogP contribution is -2.45. The van der Waals surface area contributed by atoms with Gasteiger partial charge >= 0.3 is 0 Å². The van der Waals surface area contributed by atoms with Crippen LogP contribution < -0.4 is 0 Å². The molecule has 12 heteroatoms. The van der Waals surface area contributed by atoms with E-state index in [1.807, 2.05) is 41.5 Å². The van der Waals surface area contributed by atoms with Gasteiger partial charge in [0.05, 0.1) is 33.5 Å². The van der Waals surface area contributed by atoms with Gasteiger partial charge in [-0.1, -0.05) is 92.5 Å². The quantitative estimate of drug-likeness (QED) is 0.0653. The van der Waals surface area contributed by atoms with E-state index in [-0.39, 0.29) is 86.1 Å². The molecular weight excluding hydrogens is 889 g/mol. The van der Waals surface area contributed by atoms with Gasteiger partial charge in [-0.15, -0.1) is 0 Å². The minimum absolute atomic E-state index is 0.0421. The van der Waals surface area contributed by atoms with Crippen molar-refractivity contribution in [3.05, 3.63) is 56.7 Å². The number of carbonyl (C=O) groups excluding carboxylic acids is 4. The third-order valence-corrected chi connectivity index (χ3v) is 16.9. The number of hydrogen-bond donors (Lipinski definition) is 8. The van der Waals surface area contributed by atoms with Crippen LogP contribution in [0.1, 0.15) is 226 Å². The SMILES string of the molecule is CC.CC(C)CC(c1c(O)c(C=O)c(O)c(C=O)c1O)C1(C)C=C2C(C)CCC(C(C)(C)O)C2CC1.CC(C)CC(c1c(O)c(C=O)c(O)c(C=O)c1O)C1CCC(C)C2=CC(C(C)(C)O)CCC21C. The van der Waals surface area contributed by atoms with Gasteiger partial charge in [0.15, 0.2) is 25.1 Å². The van der Waals surface area contributed by atoms with Crippen LogP contribution in [0.4, 0.5) is 0 Å². The highest BCUT2D eigenvalue weighted by Crippen LogP contribution is 2.62. The average molecular weight is 975 g/mol. The Hall–Kier alpha value is -4.68. The summed E-state index contributed by atoms with van der Waals surface area (Å²) in [5.41, 5.74) is -0.802. The first-order chi connectivity index (χ1) is 32.5. The molecule has 2 saturated carbocycles. The van der Waals surface area contributed by atoms with Crippen LogP contribution >= 0.6 is 0 Å². The Morgan fingerprint density at radius 2 is 1.06 bits per heavy atom. The van der Waals surface area contributed by atoms with Crippen LogP contribution in [0.3, 0.4) is 0 Å². The zero-order valence-corrected chi connectivity index (χ0v) is 44.5. The number of aldehydes is 4. The molecule has 0 heterocycles. The standard InChI is InChI=1S/2C28H40O6.C2H6/c1-15(2)11-22(23-25(32)19(13-29)24(31)20(14-30)26(23)33)28(6)10-9-17-18(12-28)16(3)7-8-21(17)27(4,5)34;1-15(2)11-18(23-25(32)19(13-29)24(31)20(14-30)26(23)33)21-8-7-16(3)22-12-17(27(4,5)34)9-10-28(21,22)6;1-2/h12-17,21-22,31-34H,7-11H2,1-6H3;12-18,21,31-34H,7-11H2,1-6H3;1-2H3. The van der Waals surface area contributed by atoms with Gasteiger partial charge in [0.25, 0.3) is 0 Å². The number of fused-ring (bicyclic) bond motifs is 2. The Balaban J connectivity index is 0.000000294. The van der Waals surface area contributed by atoms with Crippen molar-refractivity contribution in [1.29, 1.82) is 0 Å². The van der Waals surface area contributed by atoms with Gasteiger partial charge in [0.2, 0.25) is 0 Å². The van der Waals surface area contributed by atoms with Crippen LogP contribution in [-0.4, -0.2) is 77.2 Å². The van der Waals surface area contributed by atoms with Gasteiger partial charge in [0.1, 0.15) is 34.5 Å². The van der Waals surface area contributed by atoms with Crippen molar-refractivity contribution in [2.45, 2.75) is 184 Å². The highest BCUT2D eigenvalue weighted by Gasteiger charge is 2.51. The van der Waals surface area contributed by atoms with Gasteiger partial charge in [-0.05, 0) is 150 Å². The zero-order chi connectivity index (χ0) is 53.2. The predicted molar refractivity (Wildman–Crippen MR) is 274 cm³/mol. The number of allylic oxidation sites excluding steroid dienone is 3. The number of aromatic hydroxyl groups is 6.